The Morgan fingerprint density at radius 3 is 1.79 bits per heavy atom. The number of carbonyl (C=O) groups is 4. The van der Waals surface area contributed by atoms with Crippen molar-refractivity contribution in [3.63, 3.8) is 0 Å². The van der Waals surface area contributed by atoms with Crippen LogP contribution in [0, 0.1) is 5.92 Å². The number of fused-ring (bicyclic) bond motifs is 2. The van der Waals surface area contributed by atoms with Crippen LogP contribution in [0.25, 0.3) is 0 Å². The smallest absolute Gasteiger partial charge is 0.417 e. The number of hydrogen-bond acceptors (Lipinski definition) is 7. The average molecular weight is 451 g/mol. The Labute approximate surface area is 191 Å². The van der Waals surface area contributed by atoms with Crippen LogP contribution in [-0.2, 0) is 19.0 Å². The van der Waals surface area contributed by atoms with Crippen LogP contribution in [0.2, 0.25) is 0 Å². The monoisotopic (exact) mass is 451 g/mol. The SMILES string of the molecule is CC(C)(C)OC(=O)N1C(=O)[C@H]2C[C@@H]1[C@H](OC(=O)c1ccccc1)[C@@H]2OC(=O)c1ccccc1. The van der Waals surface area contributed by atoms with Crippen molar-refractivity contribution in [1.29, 1.82) is 0 Å². The van der Waals surface area contributed by atoms with Crippen molar-refractivity contribution in [2.45, 2.75) is 51.0 Å². The van der Waals surface area contributed by atoms with Gasteiger partial charge in [0.1, 0.15) is 5.60 Å². The number of benzene rings is 2. The van der Waals surface area contributed by atoms with Crippen molar-refractivity contribution in [1.82, 2.24) is 4.90 Å². The summed E-state index contributed by atoms with van der Waals surface area (Å²) in [6, 6.07) is 15.9. The van der Waals surface area contributed by atoms with Crippen molar-refractivity contribution >= 4 is 23.9 Å². The van der Waals surface area contributed by atoms with E-state index >= 15 is 0 Å². The zero-order valence-electron chi connectivity index (χ0n) is 18.6. The molecule has 0 unspecified atom stereocenters. The lowest BCUT2D eigenvalue weighted by molar-refractivity contribution is -0.145. The van der Waals surface area contributed by atoms with E-state index < -0.39 is 53.7 Å². The zero-order chi connectivity index (χ0) is 23.8. The molecule has 4 atom stereocenters. The van der Waals surface area contributed by atoms with Gasteiger partial charge in [0.05, 0.1) is 23.1 Å². The van der Waals surface area contributed by atoms with Gasteiger partial charge in [-0.05, 0) is 51.5 Å². The van der Waals surface area contributed by atoms with Gasteiger partial charge in [-0.3, -0.25) is 4.79 Å². The Hall–Kier alpha value is -3.68. The first-order valence-corrected chi connectivity index (χ1v) is 10.7. The molecule has 2 aromatic carbocycles. The molecule has 1 aliphatic heterocycles. The topological polar surface area (TPSA) is 99.2 Å². The van der Waals surface area contributed by atoms with Gasteiger partial charge >= 0.3 is 18.0 Å². The number of ether oxygens (including phenoxy) is 3. The Kier molecular flexibility index (Phi) is 5.93. The molecule has 4 rings (SSSR count). The van der Waals surface area contributed by atoms with Crippen molar-refractivity contribution in [3.05, 3.63) is 71.8 Å². The molecule has 0 N–H and O–H groups in total. The highest BCUT2D eigenvalue weighted by Gasteiger charge is 2.63. The molecule has 1 aliphatic carbocycles. The highest BCUT2D eigenvalue weighted by atomic mass is 16.6. The van der Waals surface area contributed by atoms with E-state index in [4.69, 9.17) is 14.2 Å². The number of esters is 2. The second-order valence-electron chi connectivity index (χ2n) is 9.07. The van der Waals surface area contributed by atoms with Crippen molar-refractivity contribution in [2.75, 3.05) is 0 Å². The molecule has 172 valence electrons. The number of piperidine rings is 1. The normalized spacial score (nSPS) is 23.8. The summed E-state index contributed by atoms with van der Waals surface area (Å²) < 4.78 is 16.8. The van der Waals surface area contributed by atoms with Crippen LogP contribution in [0.4, 0.5) is 4.79 Å². The van der Waals surface area contributed by atoms with Crippen molar-refractivity contribution in [3.8, 4) is 0 Å². The third-order valence-electron chi connectivity index (χ3n) is 5.58. The first-order valence-electron chi connectivity index (χ1n) is 10.7. The van der Waals surface area contributed by atoms with Crippen molar-refractivity contribution < 1.29 is 33.4 Å². The van der Waals surface area contributed by atoms with Gasteiger partial charge in [0.25, 0.3) is 0 Å². The maximum atomic E-state index is 13.0. The Morgan fingerprint density at radius 1 is 0.818 bits per heavy atom. The van der Waals surface area contributed by atoms with E-state index in [1.54, 1.807) is 81.4 Å². The van der Waals surface area contributed by atoms with Crippen molar-refractivity contribution in [2.24, 2.45) is 5.92 Å². The van der Waals surface area contributed by atoms with Crippen LogP contribution in [-0.4, -0.2) is 52.7 Å². The number of imide groups is 1. The van der Waals surface area contributed by atoms with Gasteiger partial charge in [-0.15, -0.1) is 0 Å². The number of amides is 2. The van der Waals surface area contributed by atoms with E-state index in [-0.39, 0.29) is 6.42 Å². The average Bonchev–Trinajstić information content (AvgIpc) is 3.29. The molecule has 0 spiro atoms. The second kappa shape index (κ2) is 8.69. The molecule has 2 bridgehead atoms. The summed E-state index contributed by atoms with van der Waals surface area (Å²) in [4.78, 5) is 52.2. The van der Waals surface area contributed by atoms with E-state index in [0.717, 1.165) is 4.90 Å². The minimum Gasteiger partial charge on any atom is -0.454 e. The van der Waals surface area contributed by atoms with E-state index in [2.05, 4.69) is 0 Å². The summed E-state index contributed by atoms with van der Waals surface area (Å²) in [5.74, 6) is -2.59. The highest BCUT2D eigenvalue weighted by Crippen LogP contribution is 2.43. The molecule has 2 aromatic rings. The van der Waals surface area contributed by atoms with Crippen LogP contribution in [0.15, 0.2) is 60.7 Å². The van der Waals surface area contributed by atoms with E-state index in [9.17, 15) is 19.2 Å². The maximum absolute atomic E-state index is 13.0. The van der Waals surface area contributed by atoms with Gasteiger partial charge in [-0.2, -0.15) is 0 Å². The fourth-order valence-electron chi connectivity index (χ4n) is 4.18. The van der Waals surface area contributed by atoms with Gasteiger partial charge in [0.15, 0.2) is 12.2 Å². The third-order valence-corrected chi connectivity index (χ3v) is 5.58. The number of nitrogens with zero attached hydrogens (tertiary/aromatic N) is 1. The molecule has 0 aromatic heterocycles. The van der Waals surface area contributed by atoms with E-state index in [1.165, 1.54) is 0 Å². The van der Waals surface area contributed by atoms with Crippen LogP contribution in [0.1, 0.15) is 47.9 Å². The first-order chi connectivity index (χ1) is 15.7. The molecule has 8 nitrogen and oxygen atoms in total. The lowest BCUT2D eigenvalue weighted by atomic mass is 10.0. The van der Waals surface area contributed by atoms with Gasteiger partial charge in [-0.1, -0.05) is 36.4 Å². The summed E-state index contributed by atoms with van der Waals surface area (Å²) in [6.07, 6.45) is -2.63. The Balaban J connectivity index is 1.60. The van der Waals surface area contributed by atoms with E-state index in [0.29, 0.717) is 11.1 Å². The van der Waals surface area contributed by atoms with Gasteiger partial charge in [-0.25, -0.2) is 19.3 Å². The molecule has 33 heavy (non-hydrogen) atoms. The predicted octanol–water partition coefficient (Wildman–Crippen LogP) is 3.60. The van der Waals surface area contributed by atoms with Gasteiger partial charge in [0.2, 0.25) is 5.91 Å². The minimum absolute atomic E-state index is 0.206. The molecule has 2 amide bonds. The van der Waals surface area contributed by atoms with Crippen LogP contribution >= 0.6 is 0 Å². The summed E-state index contributed by atoms with van der Waals surface area (Å²) >= 11 is 0. The van der Waals surface area contributed by atoms with Gasteiger partial charge in [0, 0.05) is 0 Å². The summed E-state index contributed by atoms with van der Waals surface area (Å²) in [5.41, 5.74) is -0.192. The third kappa shape index (κ3) is 4.60. The lowest BCUT2D eigenvalue weighted by Crippen LogP contribution is -2.57. The first kappa shape index (κ1) is 22.5. The maximum Gasteiger partial charge on any atom is 0.417 e. The highest BCUT2D eigenvalue weighted by molar-refractivity contribution is 5.98. The molecule has 2 aliphatic rings. The van der Waals surface area contributed by atoms with Crippen LogP contribution in [0.3, 0.4) is 0 Å². The quantitative estimate of drug-likeness (QED) is 0.517. The van der Waals surface area contributed by atoms with Gasteiger partial charge < -0.3 is 14.2 Å². The fourth-order valence-corrected chi connectivity index (χ4v) is 4.18. The molecular weight excluding hydrogens is 426 g/mol. The molecular formula is C25H25NO7. The minimum atomic E-state index is -1.01. The molecule has 2 fully saturated rings. The van der Waals surface area contributed by atoms with E-state index in [1.807, 2.05) is 0 Å². The molecule has 0 radical (unpaired) electrons. The predicted molar refractivity (Wildman–Crippen MR) is 116 cm³/mol. The number of carbonyl (C=O) groups excluding carboxylic acids is 4. The Morgan fingerprint density at radius 2 is 1.30 bits per heavy atom. The number of hydrogen-bond donors (Lipinski definition) is 0. The number of rotatable bonds is 4. The molecule has 8 heteroatoms. The zero-order valence-corrected chi connectivity index (χ0v) is 18.6. The largest absolute Gasteiger partial charge is 0.454 e. The van der Waals surface area contributed by atoms with Crippen LogP contribution in [0.5, 0.6) is 0 Å². The summed E-state index contributed by atoms with van der Waals surface area (Å²) in [5, 5.41) is 0. The second-order valence-corrected chi connectivity index (χ2v) is 9.07. The number of likely N-dealkylation sites (tertiary alicyclic amines) is 1. The Bertz CT molecular complexity index is 1060. The summed E-state index contributed by atoms with van der Waals surface area (Å²) in [6.45, 7) is 5.09. The lowest BCUT2D eigenvalue weighted by Gasteiger charge is -2.36. The molecule has 1 saturated heterocycles. The molecule has 1 saturated carbocycles. The fraction of sp³-hybridized carbons (Fsp3) is 0.360. The summed E-state index contributed by atoms with van der Waals surface area (Å²) in [7, 11) is 0. The molecule has 1 heterocycles. The standard InChI is InChI=1S/C25H25NO7/c1-25(2,3)33-24(30)26-18-14-17(21(26)27)19(31-22(28)15-10-6-4-7-11-15)20(18)32-23(29)16-12-8-5-9-13-16/h4-13,17-20H,14H2,1-3H3/t17-,18+,19+,20-/m0/s1. The van der Waals surface area contributed by atoms with Crippen LogP contribution < -0.4 is 0 Å².